The molecule has 0 bridgehead atoms. The van der Waals surface area contributed by atoms with Crippen LogP contribution in [0, 0.1) is 5.92 Å². The van der Waals surface area contributed by atoms with Crippen LogP contribution in [0.1, 0.15) is 64.5 Å². The molecule has 1 rings (SSSR count). The Balaban J connectivity index is 3.02. The van der Waals surface area contributed by atoms with E-state index in [1.165, 1.54) is 0 Å². The van der Waals surface area contributed by atoms with Crippen molar-refractivity contribution >= 4 is 5.97 Å². The lowest BCUT2D eigenvalue weighted by molar-refractivity contribution is -0.134. The van der Waals surface area contributed by atoms with Crippen LogP contribution >= 0.6 is 0 Å². The Bertz CT molecular complexity index is 464. The molecule has 118 valence electrons. The van der Waals surface area contributed by atoms with Crippen molar-refractivity contribution in [3.63, 3.8) is 0 Å². The first-order chi connectivity index (χ1) is 9.97. The van der Waals surface area contributed by atoms with E-state index >= 15 is 0 Å². The van der Waals surface area contributed by atoms with Crippen molar-refractivity contribution in [2.75, 3.05) is 0 Å². The van der Waals surface area contributed by atoms with Gasteiger partial charge in [-0.15, -0.1) is 0 Å². The number of unbranched alkanes of at least 4 members (excludes halogenated alkanes) is 1. The maximum absolute atomic E-state index is 11.5. The molecular weight excluding hydrogens is 264 g/mol. The lowest BCUT2D eigenvalue weighted by atomic mass is 9.97. The molecule has 1 aromatic rings. The van der Waals surface area contributed by atoms with Gasteiger partial charge in [-0.2, -0.15) is 0 Å². The van der Waals surface area contributed by atoms with Gasteiger partial charge in [0.2, 0.25) is 0 Å². The van der Waals surface area contributed by atoms with Crippen molar-refractivity contribution in [2.45, 2.75) is 66.2 Å². The maximum Gasteiger partial charge on any atom is 0.310 e. The second-order valence-corrected chi connectivity index (χ2v) is 5.95. The SMILES string of the molecule is CCCCc1cc(OC(=O)CC)cc(CCC(C)C)c1O. The van der Waals surface area contributed by atoms with Gasteiger partial charge in [-0.25, -0.2) is 0 Å². The van der Waals surface area contributed by atoms with E-state index in [1.54, 1.807) is 19.1 Å². The van der Waals surface area contributed by atoms with Crippen molar-refractivity contribution in [3.05, 3.63) is 23.3 Å². The molecular formula is C18H28O3. The highest BCUT2D eigenvalue weighted by Crippen LogP contribution is 2.31. The van der Waals surface area contributed by atoms with E-state index in [9.17, 15) is 9.90 Å². The summed E-state index contributed by atoms with van der Waals surface area (Å²) in [5.74, 6) is 1.27. The minimum atomic E-state index is -0.239. The van der Waals surface area contributed by atoms with E-state index in [1.807, 2.05) is 0 Å². The van der Waals surface area contributed by atoms with Gasteiger partial charge in [-0.1, -0.05) is 34.1 Å². The zero-order valence-corrected chi connectivity index (χ0v) is 13.7. The largest absolute Gasteiger partial charge is 0.507 e. The van der Waals surface area contributed by atoms with E-state index in [0.29, 0.717) is 23.8 Å². The predicted molar refractivity (Wildman–Crippen MR) is 85.8 cm³/mol. The fourth-order valence-electron chi connectivity index (χ4n) is 2.18. The minimum Gasteiger partial charge on any atom is -0.507 e. The van der Waals surface area contributed by atoms with Crippen molar-refractivity contribution < 1.29 is 14.6 Å². The van der Waals surface area contributed by atoms with Crippen LogP contribution in [0.2, 0.25) is 0 Å². The number of phenols is 1. The van der Waals surface area contributed by atoms with Gasteiger partial charge in [0.05, 0.1) is 0 Å². The summed E-state index contributed by atoms with van der Waals surface area (Å²) >= 11 is 0. The molecule has 0 saturated heterocycles. The van der Waals surface area contributed by atoms with Crippen LogP contribution in [-0.2, 0) is 17.6 Å². The Labute approximate surface area is 128 Å². The summed E-state index contributed by atoms with van der Waals surface area (Å²) < 4.78 is 5.34. The highest BCUT2D eigenvalue weighted by Gasteiger charge is 2.13. The highest BCUT2D eigenvalue weighted by atomic mass is 16.5. The Hall–Kier alpha value is -1.51. The number of phenolic OH excluding ortho intramolecular Hbond substituents is 1. The van der Waals surface area contributed by atoms with Crippen LogP contribution in [0.3, 0.4) is 0 Å². The van der Waals surface area contributed by atoms with Gasteiger partial charge in [0.25, 0.3) is 0 Å². The molecule has 0 aliphatic heterocycles. The molecule has 0 amide bonds. The molecule has 0 atom stereocenters. The Morgan fingerprint density at radius 3 is 2.33 bits per heavy atom. The molecule has 0 saturated carbocycles. The van der Waals surface area contributed by atoms with Crippen molar-refractivity contribution in [2.24, 2.45) is 5.92 Å². The van der Waals surface area contributed by atoms with Crippen LogP contribution in [-0.4, -0.2) is 11.1 Å². The number of benzene rings is 1. The van der Waals surface area contributed by atoms with Gasteiger partial charge in [-0.05, 0) is 54.9 Å². The van der Waals surface area contributed by atoms with Gasteiger partial charge >= 0.3 is 5.97 Å². The number of hydrogen-bond acceptors (Lipinski definition) is 3. The number of aryl methyl sites for hydroxylation is 2. The third-order valence-corrected chi connectivity index (χ3v) is 3.55. The second kappa shape index (κ2) is 8.71. The first-order valence-corrected chi connectivity index (χ1v) is 8.03. The average Bonchev–Trinajstić information content (AvgIpc) is 2.45. The molecule has 0 radical (unpaired) electrons. The number of esters is 1. The van der Waals surface area contributed by atoms with Gasteiger partial charge in [0.1, 0.15) is 11.5 Å². The summed E-state index contributed by atoms with van der Waals surface area (Å²) in [5, 5.41) is 10.4. The summed E-state index contributed by atoms with van der Waals surface area (Å²) in [4.78, 5) is 11.5. The molecule has 3 nitrogen and oxygen atoms in total. The molecule has 0 fully saturated rings. The van der Waals surface area contributed by atoms with Crippen LogP contribution in [0.15, 0.2) is 12.1 Å². The maximum atomic E-state index is 11.5. The minimum absolute atomic E-state index is 0.239. The molecule has 0 aliphatic rings. The molecule has 0 aliphatic carbocycles. The van der Waals surface area contributed by atoms with Crippen LogP contribution in [0.4, 0.5) is 0 Å². The Morgan fingerprint density at radius 1 is 1.19 bits per heavy atom. The zero-order chi connectivity index (χ0) is 15.8. The van der Waals surface area contributed by atoms with Gasteiger partial charge in [0, 0.05) is 6.42 Å². The van der Waals surface area contributed by atoms with Crippen LogP contribution < -0.4 is 4.74 Å². The van der Waals surface area contributed by atoms with Gasteiger partial charge in [0.15, 0.2) is 0 Å². The van der Waals surface area contributed by atoms with E-state index in [4.69, 9.17) is 4.74 Å². The summed E-state index contributed by atoms with van der Waals surface area (Å²) in [6, 6.07) is 3.61. The third-order valence-electron chi connectivity index (χ3n) is 3.55. The molecule has 0 aromatic heterocycles. The van der Waals surface area contributed by atoms with Crippen LogP contribution in [0.5, 0.6) is 11.5 Å². The molecule has 0 unspecified atom stereocenters. The van der Waals surface area contributed by atoms with Gasteiger partial charge in [-0.3, -0.25) is 4.79 Å². The van der Waals surface area contributed by atoms with Crippen LogP contribution in [0.25, 0.3) is 0 Å². The summed E-state index contributed by atoms with van der Waals surface area (Å²) in [6.07, 6.45) is 5.06. The average molecular weight is 292 g/mol. The van der Waals surface area contributed by atoms with Crippen molar-refractivity contribution in [1.82, 2.24) is 0 Å². The lowest BCUT2D eigenvalue weighted by Gasteiger charge is -2.14. The van der Waals surface area contributed by atoms with E-state index in [-0.39, 0.29) is 5.97 Å². The number of hydrogen-bond donors (Lipinski definition) is 1. The molecule has 0 heterocycles. The standard InChI is InChI=1S/C18H28O3/c1-5-7-8-14-11-16(21-17(19)6-2)12-15(18(14)20)10-9-13(3)4/h11-13,20H,5-10H2,1-4H3. The number of rotatable bonds is 8. The second-order valence-electron chi connectivity index (χ2n) is 5.95. The highest BCUT2D eigenvalue weighted by molar-refractivity contribution is 5.72. The summed E-state index contributed by atoms with van der Waals surface area (Å²) in [6.45, 7) is 8.23. The first kappa shape index (κ1) is 17.5. The van der Waals surface area contributed by atoms with E-state index < -0.39 is 0 Å². The fourth-order valence-corrected chi connectivity index (χ4v) is 2.18. The number of carbonyl (C=O) groups is 1. The normalized spacial score (nSPS) is 10.9. The van der Waals surface area contributed by atoms with E-state index in [0.717, 1.165) is 43.2 Å². The predicted octanol–water partition coefficient (Wildman–Crippen LogP) is 4.64. The molecule has 1 aromatic carbocycles. The van der Waals surface area contributed by atoms with E-state index in [2.05, 4.69) is 20.8 Å². The number of carbonyl (C=O) groups excluding carboxylic acids is 1. The zero-order valence-electron chi connectivity index (χ0n) is 13.7. The fraction of sp³-hybridized carbons (Fsp3) is 0.611. The third kappa shape index (κ3) is 5.78. The smallest absolute Gasteiger partial charge is 0.310 e. The monoisotopic (exact) mass is 292 g/mol. The lowest BCUT2D eigenvalue weighted by Crippen LogP contribution is -2.07. The Morgan fingerprint density at radius 2 is 1.81 bits per heavy atom. The first-order valence-electron chi connectivity index (χ1n) is 8.03. The van der Waals surface area contributed by atoms with Crippen molar-refractivity contribution in [1.29, 1.82) is 0 Å². The van der Waals surface area contributed by atoms with Crippen molar-refractivity contribution in [3.8, 4) is 11.5 Å². The summed E-state index contributed by atoms with van der Waals surface area (Å²) in [7, 11) is 0. The molecule has 0 spiro atoms. The summed E-state index contributed by atoms with van der Waals surface area (Å²) in [5.41, 5.74) is 1.77. The number of aromatic hydroxyl groups is 1. The Kier molecular flexibility index (Phi) is 7.27. The van der Waals surface area contributed by atoms with Gasteiger partial charge < -0.3 is 9.84 Å². The number of ether oxygens (including phenoxy) is 1. The molecule has 21 heavy (non-hydrogen) atoms. The molecule has 1 N–H and O–H groups in total. The quantitative estimate of drug-likeness (QED) is 0.561. The topological polar surface area (TPSA) is 46.5 Å². The molecule has 3 heteroatoms.